The summed E-state index contributed by atoms with van der Waals surface area (Å²) in [5, 5.41) is 0. The number of hydrogen-bond donors (Lipinski definition) is 0. The SMILES string of the molecule is C=CCCC(=O)C1=CCC2(CCCC2)C1. The molecule has 2 aliphatic carbocycles. The van der Waals surface area contributed by atoms with Gasteiger partial charge in [-0.25, -0.2) is 0 Å². The number of ketones is 1. The van der Waals surface area contributed by atoms with Gasteiger partial charge in [-0.05, 0) is 43.1 Å². The summed E-state index contributed by atoms with van der Waals surface area (Å²) < 4.78 is 0. The van der Waals surface area contributed by atoms with Crippen LogP contribution in [0.25, 0.3) is 0 Å². The predicted octanol–water partition coefficient (Wildman–Crippen LogP) is 3.80. The van der Waals surface area contributed by atoms with Crippen molar-refractivity contribution < 1.29 is 4.79 Å². The van der Waals surface area contributed by atoms with Crippen LogP contribution in [0.3, 0.4) is 0 Å². The zero-order chi connectivity index (χ0) is 10.7. The monoisotopic (exact) mass is 204 g/mol. The maximum absolute atomic E-state index is 11.8. The highest BCUT2D eigenvalue weighted by molar-refractivity contribution is 5.95. The highest BCUT2D eigenvalue weighted by Gasteiger charge is 2.38. The van der Waals surface area contributed by atoms with Crippen molar-refractivity contribution in [3.05, 3.63) is 24.3 Å². The van der Waals surface area contributed by atoms with E-state index in [-0.39, 0.29) is 0 Å². The molecule has 0 amide bonds. The van der Waals surface area contributed by atoms with E-state index in [0.29, 0.717) is 17.6 Å². The molecule has 1 fully saturated rings. The Morgan fingerprint density at radius 2 is 2.20 bits per heavy atom. The topological polar surface area (TPSA) is 17.1 Å². The molecule has 0 atom stereocenters. The number of carbonyl (C=O) groups excluding carboxylic acids is 1. The van der Waals surface area contributed by atoms with Crippen LogP contribution < -0.4 is 0 Å². The van der Waals surface area contributed by atoms with Gasteiger partial charge >= 0.3 is 0 Å². The van der Waals surface area contributed by atoms with Gasteiger partial charge in [-0.1, -0.05) is 25.0 Å². The maximum Gasteiger partial charge on any atom is 0.158 e. The third kappa shape index (κ3) is 2.22. The Kier molecular flexibility index (Phi) is 3.08. The van der Waals surface area contributed by atoms with Gasteiger partial charge in [0.15, 0.2) is 5.78 Å². The molecule has 0 aliphatic heterocycles. The Morgan fingerprint density at radius 1 is 1.47 bits per heavy atom. The molecule has 0 aromatic rings. The number of carbonyl (C=O) groups is 1. The molecule has 0 bridgehead atoms. The lowest BCUT2D eigenvalue weighted by Crippen LogP contribution is -2.13. The molecule has 1 saturated carbocycles. The van der Waals surface area contributed by atoms with Gasteiger partial charge in [-0.15, -0.1) is 6.58 Å². The number of hydrogen-bond acceptors (Lipinski definition) is 1. The molecule has 0 radical (unpaired) electrons. The summed E-state index contributed by atoms with van der Waals surface area (Å²) in [6.45, 7) is 3.66. The maximum atomic E-state index is 11.8. The fourth-order valence-electron chi connectivity index (χ4n) is 3.00. The molecule has 0 saturated heterocycles. The summed E-state index contributed by atoms with van der Waals surface area (Å²) in [5.41, 5.74) is 1.61. The van der Waals surface area contributed by atoms with Gasteiger partial charge in [0, 0.05) is 6.42 Å². The van der Waals surface area contributed by atoms with E-state index in [1.54, 1.807) is 0 Å². The van der Waals surface area contributed by atoms with Crippen LogP contribution in [0.1, 0.15) is 51.4 Å². The van der Waals surface area contributed by atoms with Crippen LogP contribution in [0.5, 0.6) is 0 Å². The molecule has 0 unspecified atom stereocenters. The fourth-order valence-corrected chi connectivity index (χ4v) is 3.00. The molecule has 1 spiro atoms. The first kappa shape index (κ1) is 10.7. The molecule has 0 aromatic heterocycles. The molecule has 2 rings (SSSR count). The Labute approximate surface area is 92.3 Å². The fraction of sp³-hybridized carbons (Fsp3) is 0.643. The van der Waals surface area contributed by atoms with E-state index in [1.807, 2.05) is 6.08 Å². The van der Waals surface area contributed by atoms with E-state index < -0.39 is 0 Å². The van der Waals surface area contributed by atoms with Gasteiger partial charge in [-0.2, -0.15) is 0 Å². The normalized spacial score (nSPS) is 23.1. The zero-order valence-electron chi connectivity index (χ0n) is 9.43. The average molecular weight is 204 g/mol. The van der Waals surface area contributed by atoms with Gasteiger partial charge in [-0.3, -0.25) is 4.79 Å². The largest absolute Gasteiger partial charge is 0.295 e. The minimum Gasteiger partial charge on any atom is -0.295 e. The summed E-state index contributed by atoms with van der Waals surface area (Å²) in [6, 6.07) is 0. The molecule has 2 aliphatic rings. The van der Waals surface area contributed by atoms with E-state index >= 15 is 0 Å². The van der Waals surface area contributed by atoms with E-state index in [4.69, 9.17) is 0 Å². The van der Waals surface area contributed by atoms with E-state index in [9.17, 15) is 4.79 Å². The standard InChI is InChI=1S/C14H20O/c1-2-3-6-13(15)12-7-10-14(11-12)8-4-5-9-14/h2,7H,1,3-6,8-11H2. The average Bonchev–Trinajstić information content (AvgIpc) is 2.86. The highest BCUT2D eigenvalue weighted by atomic mass is 16.1. The lowest BCUT2D eigenvalue weighted by molar-refractivity contribution is -0.115. The third-order valence-corrected chi connectivity index (χ3v) is 3.94. The summed E-state index contributed by atoms with van der Waals surface area (Å²) >= 11 is 0. The summed E-state index contributed by atoms with van der Waals surface area (Å²) in [7, 11) is 0. The molecule has 0 heterocycles. The third-order valence-electron chi connectivity index (χ3n) is 3.94. The minimum atomic E-state index is 0.360. The van der Waals surface area contributed by atoms with Gasteiger partial charge in [0.05, 0.1) is 0 Å². The molecular weight excluding hydrogens is 184 g/mol. The lowest BCUT2D eigenvalue weighted by Gasteiger charge is -2.22. The molecule has 82 valence electrons. The molecule has 1 nitrogen and oxygen atoms in total. The van der Waals surface area contributed by atoms with Crippen molar-refractivity contribution in [2.75, 3.05) is 0 Å². The first-order valence-corrected chi connectivity index (χ1v) is 6.09. The minimum absolute atomic E-state index is 0.360. The van der Waals surface area contributed by atoms with Crippen molar-refractivity contribution in [1.29, 1.82) is 0 Å². The summed E-state index contributed by atoms with van der Waals surface area (Å²) in [5.74, 6) is 0.360. The molecule has 0 aromatic carbocycles. The van der Waals surface area contributed by atoms with E-state index in [0.717, 1.165) is 24.8 Å². The van der Waals surface area contributed by atoms with Crippen LogP contribution in [-0.2, 0) is 4.79 Å². The van der Waals surface area contributed by atoms with Crippen molar-refractivity contribution >= 4 is 5.78 Å². The van der Waals surface area contributed by atoms with E-state index in [1.165, 1.54) is 25.7 Å². The van der Waals surface area contributed by atoms with Crippen molar-refractivity contribution in [2.24, 2.45) is 5.41 Å². The Morgan fingerprint density at radius 3 is 2.87 bits per heavy atom. The smallest absolute Gasteiger partial charge is 0.158 e. The van der Waals surface area contributed by atoms with Crippen LogP contribution in [0, 0.1) is 5.41 Å². The van der Waals surface area contributed by atoms with Gasteiger partial charge in [0.1, 0.15) is 0 Å². The molecule has 15 heavy (non-hydrogen) atoms. The second-order valence-electron chi connectivity index (χ2n) is 5.07. The Hall–Kier alpha value is -0.850. The zero-order valence-corrected chi connectivity index (χ0v) is 9.43. The van der Waals surface area contributed by atoms with E-state index in [2.05, 4.69) is 12.7 Å². The second kappa shape index (κ2) is 4.34. The second-order valence-corrected chi connectivity index (χ2v) is 5.07. The van der Waals surface area contributed by atoms with Gasteiger partial charge in [0.25, 0.3) is 0 Å². The number of Topliss-reactive ketones (excluding diaryl/α,β-unsaturated/α-hetero) is 1. The highest BCUT2D eigenvalue weighted by Crippen LogP contribution is 2.50. The Bertz CT molecular complexity index is 292. The summed E-state index contributed by atoms with van der Waals surface area (Å²) in [4.78, 5) is 11.8. The van der Waals surface area contributed by atoms with Crippen LogP contribution >= 0.6 is 0 Å². The quantitative estimate of drug-likeness (QED) is 0.636. The van der Waals surface area contributed by atoms with Crippen LogP contribution in [0.2, 0.25) is 0 Å². The van der Waals surface area contributed by atoms with Gasteiger partial charge in [0.2, 0.25) is 0 Å². The molecule has 0 N–H and O–H groups in total. The summed E-state index contributed by atoms with van der Waals surface area (Å²) in [6.07, 6.45) is 13.1. The van der Waals surface area contributed by atoms with Crippen molar-refractivity contribution in [3.8, 4) is 0 Å². The first-order chi connectivity index (χ1) is 7.26. The van der Waals surface area contributed by atoms with Crippen LogP contribution in [-0.4, -0.2) is 5.78 Å². The van der Waals surface area contributed by atoms with Crippen LogP contribution in [0.15, 0.2) is 24.3 Å². The van der Waals surface area contributed by atoms with Crippen molar-refractivity contribution in [1.82, 2.24) is 0 Å². The molecule has 1 heteroatoms. The Balaban J connectivity index is 1.90. The van der Waals surface area contributed by atoms with Crippen molar-refractivity contribution in [2.45, 2.75) is 51.4 Å². The van der Waals surface area contributed by atoms with Crippen molar-refractivity contribution in [3.63, 3.8) is 0 Å². The number of allylic oxidation sites excluding steroid dienone is 3. The number of rotatable bonds is 4. The van der Waals surface area contributed by atoms with Crippen LogP contribution in [0.4, 0.5) is 0 Å². The van der Waals surface area contributed by atoms with Gasteiger partial charge < -0.3 is 0 Å². The molecular formula is C14H20O. The first-order valence-electron chi connectivity index (χ1n) is 6.09. The predicted molar refractivity (Wildman–Crippen MR) is 62.7 cm³/mol. The lowest BCUT2D eigenvalue weighted by atomic mass is 9.82.